The minimum atomic E-state index is 0.426. The Morgan fingerprint density at radius 3 is 2.58 bits per heavy atom. The topological polar surface area (TPSA) is 56.5 Å². The van der Waals surface area contributed by atoms with Gasteiger partial charge in [-0.25, -0.2) is 0 Å². The number of benzene rings is 1. The molecule has 0 bridgehead atoms. The number of aromatic nitrogens is 1. The Hall–Kier alpha value is -2.01. The van der Waals surface area contributed by atoms with Gasteiger partial charge >= 0.3 is 0 Å². The highest BCUT2D eigenvalue weighted by molar-refractivity contribution is 5.43. The molecule has 1 saturated carbocycles. The lowest BCUT2D eigenvalue weighted by atomic mass is 9.87. The number of nitrogens with one attached hydrogen (secondary N) is 1. The Morgan fingerprint density at radius 2 is 1.92 bits per heavy atom. The lowest BCUT2D eigenvalue weighted by Crippen LogP contribution is -2.32. The summed E-state index contributed by atoms with van der Waals surface area (Å²) < 4.78 is 16.7. The fourth-order valence-corrected chi connectivity index (χ4v) is 3.53. The summed E-state index contributed by atoms with van der Waals surface area (Å²) in [4.78, 5) is 0. The van der Waals surface area contributed by atoms with Gasteiger partial charge in [-0.1, -0.05) is 18.1 Å². The fraction of sp³-hybridized carbons (Fsp3) is 0.571. The number of nitrogens with zero attached hydrogens (tertiary/aromatic N) is 1. The van der Waals surface area contributed by atoms with Gasteiger partial charge in [0.1, 0.15) is 12.4 Å². The molecule has 0 atom stereocenters. The smallest absolute Gasteiger partial charge is 0.161 e. The summed E-state index contributed by atoms with van der Waals surface area (Å²) in [7, 11) is 1.68. The minimum absolute atomic E-state index is 0.426. The van der Waals surface area contributed by atoms with E-state index < -0.39 is 0 Å². The van der Waals surface area contributed by atoms with Crippen molar-refractivity contribution in [1.82, 2.24) is 10.5 Å². The van der Waals surface area contributed by atoms with E-state index in [9.17, 15) is 0 Å². The summed E-state index contributed by atoms with van der Waals surface area (Å²) >= 11 is 0. The van der Waals surface area contributed by atoms with Crippen LogP contribution in [0.1, 0.15) is 55.2 Å². The first-order valence-corrected chi connectivity index (χ1v) is 9.51. The second-order valence-corrected chi connectivity index (χ2v) is 7.41. The number of ether oxygens (including phenoxy) is 2. The molecule has 1 aliphatic carbocycles. The van der Waals surface area contributed by atoms with Crippen molar-refractivity contribution in [2.45, 2.75) is 65.6 Å². The van der Waals surface area contributed by atoms with Crippen LogP contribution in [-0.4, -0.2) is 18.3 Å². The molecule has 26 heavy (non-hydrogen) atoms. The van der Waals surface area contributed by atoms with Crippen molar-refractivity contribution < 1.29 is 14.0 Å². The Bertz CT molecular complexity index is 699. The van der Waals surface area contributed by atoms with Crippen molar-refractivity contribution in [2.24, 2.45) is 5.92 Å². The van der Waals surface area contributed by atoms with E-state index in [1.807, 2.05) is 19.9 Å². The van der Waals surface area contributed by atoms with Crippen LogP contribution in [-0.2, 0) is 13.2 Å². The van der Waals surface area contributed by atoms with Gasteiger partial charge in [0, 0.05) is 12.6 Å². The van der Waals surface area contributed by atoms with Crippen molar-refractivity contribution in [1.29, 1.82) is 0 Å². The molecule has 142 valence electrons. The third kappa shape index (κ3) is 4.58. The lowest BCUT2D eigenvalue weighted by Gasteiger charge is -2.27. The maximum Gasteiger partial charge on any atom is 0.161 e. The summed E-state index contributed by atoms with van der Waals surface area (Å²) in [5.41, 5.74) is 3.07. The van der Waals surface area contributed by atoms with Gasteiger partial charge in [-0.05, 0) is 63.1 Å². The molecule has 5 nitrogen and oxygen atoms in total. The maximum atomic E-state index is 5.95. The van der Waals surface area contributed by atoms with Crippen molar-refractivity contribution >= 4 is 0 Å². The van der Waals surface area contributed by atoms with Crippen LogP contribution in [0.15, 0.2) is 22.7 Å². The molecular formula is C21H30N2O3. The highest BCUT2D eigenvalue weighted by Crippen LogP contribution is 2.30. The Morgan fingerprint density at radius 1 is 1.15 bits per heavy atom. The zero-order chi connectivity index (χ0) is 18.5. The van der Waals surface area contributed by atoms with E-state index in [0.717, 1.165) is 41.0 Å². The zero-order valence-corrected chi connectivity index (χ0v) is 16.3. The van der Waals surface area contributed by atoms with Gasteiger partial charge in [0.15, 0.2) is 11.5 Å². The van der Waals surface area contributed by atoms with Crippen molar-refractivity contribution in [3.63, 3.8) is 0 Å². The van der Waals surface area contributed by atoms with Gasteiger partial charge in [0.25, 0.3) is 0 Å². The maximum absolute atomic E-state index is 5.95. The van der Waals surface area contributed by atoms with Gasteiger partial charge in [0.2, 0.25) is 0 Å². The molecule has 0 radical (unpaired) electrons. The third-order valence-electron chi connectivity index (χ3n) is 5.39. The van der Waals surface area contributed by atoms with Crippen molar-refractivity contribution in [2.75, 3.05) is 7.11 Å². The van der Waals surface area contributed by atoms with Crippen LogP contribution in [0, 0.1) is 19.8 Å². The first-order chi connectivity index (χ1) is 12.6. The first-order valence-electron chi connectivity index (χ1n) is 9.51. The molecule has 0 spiro atoms. The first kappa shape index (κ1) is 18.8. The summed E-state index contributed by atoms with van der Waals surface area (Å²) in [6.07, 6.45) is 5.21. The minimum Gasteiger partial charge on any atom is -0.493 e. The highest BCUT2D eigenvalue weighted by Gasteiger charge is 2.18. The predicted octanol–water partition coefficient (Wildman–Crippen LogP) is 4.55. The van der Waals surface area contributed by atoms with Crippen LogP contribution in [0.25, 0.3) is 0 Å². The average Bonchev–Trinajstić information content (AvgIpc) is 2.97. The SMILES string of the molecule is COc1cc(CNC2CCC(C)CC2)ccc1OCc1c(C)noc1C. The van der Waals surface area contributed by atoms with Crippen LogP contribution in [0.5, 0.6) is 11.5 Å². The molecule has 0 aliphatic heterocycles. The van der Waals surface area contributed by atoms with E-state index in [0.29, 0.717) is 12.6 Å². The molecule has 0 saturated heterocycles. The number of methoxy groups -OCH3 is 1. The zero-order valence-electron chi connectivity index (χ0n) is 16.3. The third-order valence-corrected chi connectivity index (χ3v) is 5.39. The summed E-state index contributed by atoms with van der Waals surface area (Å²) in [6.45, 7) is 7.46. The molecule has 2 aromatic rings. The summed E-state index contributed by atoms with van der Waals surface area (Å²) in [5.74, 6) is 3.17. The number of hydrogen-bond acceptors (Lipinski definition) is 5. The van der Waals surface area contributed by atoms with Gasteiger partial charge in [0.05, 0.1) is 18.4 Å². The standard InChI is InChI=1S/C21H30N2O3/c1-14-5-8-18(9-6-14)22-12-17-7-10-20(21(11-17)24-4)25-13-19-15(2)23-26-16(19)3/h7,10-11,14,18,22H,5-6,8-9,12-13H2,1-4H3. The van der Waals surface area contributed by atoms with Crippen LogP contribution < -0.4 is 14.8 Å². The quantitative estimate of drug-likeness (QED) is 0.787. The average molecular weight is 358 g/mol. The molecular weight excluding hydrogens is 328 g/mol. The van der Waals surface area contributed by atoms with E-state index in [1.165, 1.54) is 31.2 Å². The highest BCUT2D eigenvalue weighted by atomic mass is 16.5. The molecule has 3 rings (SSSR count). The fourth-order valence-electron chi connectivity index (χ4n) is 3.53. The van der Waals surface area contributed by atoms with Crippen LogP contribution in [0.3, 0.4) is 0 Å². The predicted molar refractivity (Wildman–Crippen MR) is 102 cm³/mol. The molecule has 1 aliphatic rings. The van der Waals surface area contributed by atoms with E-state index in [2.05, 4.69) is 29.5 Å². The Labute approximate surface area is 156 Å². The van der Waals surface area contributed by atoms with E-state index in [-0.39, 0.29) is 0 Å². The molecule has 5 heteroatoms. The van der Waals surface area contributed by atoms with Crippen LogP contribution in [0.4, 0.5) is 0 Å². The number of hydrogen-bond donors (Lipinski definition) is 1. The lowest BCUT2D eigenvalue weighted by molar-refractivity contribution is 0.281. The molecule has 1 fully saturated rings. The second-order valence-electron chi connectivity index (χ2n) is 7.41. The van der Waals surface area contributed by atoms with Gasteiger partial charge in [-0.2, -0.15) is 0 Å². The molecule has 0 amide bonds. The molecule has 1 N–H and O–H groups in total. The molecule has 1 heterocycles. The van der Waals surface area contributed by atoms with E-state index in [4.69, 9.17) is 14.0 Å². The van der Waals surface area contributed by atoms with E-state index >= 15 is 0 Å². The molecule has 1 aromatic carbocycles. The Kier molecular flexibility index (Phi) is 6.20. The van der Waals surface area contributed by atoms with Crippen LogP contribution >= 0.6 is 0 Å². The van der Waals surface area contributed by atoms with Gasteiger partial charge < -0.3 is 19.3 Å². The van der Waals surface area contributed by atoms with E-state index in [1.54, 1.807) is 7.11 Å². The Balaban J connectivity index is 1.58. The van der Waals surface area contributed by atoms with Crippen molar-refractivity contribution in [3.8, 4) is 11.5 Å². The largest absolute Gasteiger partial charge is 0.493 e. The second kappa shape index (κ2) is 8.58. The number of aryl methyl sites for hydroxylation is 2. The monoisotopic (exact) mass is 358 g/mol. The summed E-state index contributed by atoms with van der Waals surface area (Å²) in [5, 5.41) is 7.65. The van der Waals surface area contributed by atoms with Crippen LogP contribution in [0.2, 0.25) is 0 Å². The van der Waals surface area contributed by atoms with Crippen molar-refractivity contribution in [3.05, 3.63) is 40.8 Å². The van der Waals surface area contributed by atoms with Gasteiger partial charge in [-0.3, -0.25) is 0 Å². The molecule has 0 unspecified atom stereocenters. The summed E-state index contributed by atoms with van der Waals surface area (Å²) in [6, 6.07) is 6.77. The van der Waals surface area contributed by atoms with Gasteiger partial charge in [-0.15, -0.1) is 0 Å². The molecule has 1 aromatic heterocycles. The number of rotatable bonds is 7. The normalized spacial score (nSPS) is 20.2.